The van der Waals surface area contributed by atoms with Crippen molar-refractivity contribution in [3.8, 4) is 0 Å². The predicted octanol–water partition coefficient (Wildman–Crippen LogP) is 3.79. The first kappa shape index (κ1) is 15.8. The third-order valence-electron chi connectivity index (χ3n) is 3.71. The third kappa shape index (κ3) is 4.74. The molecular formula is C16H20ClNO3. The molecule has 5 heteroatoms. The van der Waals surface area contributed by atoms with Gasteiger partial charge in [-0.25, -0.2) is 0 Å². The number of carbonyl (C=O) groups excluding carboxylic acids is 2. The van der Waals surface area contributed by atoms with E-state index in [0.717, 1.165) is 25.7 Å². The van der Waals surface area contributed by atoms with Crippen LogP contribution in [-0.2, 0) is 14.3 Å². The molecule has 0 spiro atoms. The zero-order chi connectivity index (χ0) is 15.2. The van der Waals surface area contributed by atoms with Crippen molar-refractivity contribution in [3.63, 3.8) is 0 Å². The third-order valence-corrected chi connectivity index (χ3v) is 3.96. The highest BCUT2D eigenvalue weighted by molar-refractivity contribution is 6.30. The summed E-state index contributed by atoms with van der Waals surface area (Å²) >= 11 is 5.78. The highest BCUT2D eigenvalue weighted by atomic mass is 35.5. The summed E-state index contributed by atoms with van der Waals surface area (Å²) in [6, 6.07) is 6.79. The van der Waals surface area contributed by atoms with Gasteiger partial charge >= 0.3 is 5.97 Å². The topological polar surface area (TPSA) is 55.4 Å². The highest BCUT2D eigenvalue weighted by Gasteiger charge is 2.26. The molecule has 1 aliphatic rings. The maximum absolute atomic E-state index is 12.0. The Labute approximate surface area is 129 Å². The van der Waals surface area contributed by atoms with Crippen LogP contribution < -0.4 is 5.32 Å². The standard InChI is InChI=1S/C16H20ClNO3/c1-11(21-16(20)12-5-3-2-4-6-12)15(19)18-14-9-7-13(17)8-10-14/h7-12H,2-6H2,1H3,(H,18,19). The van der Waals surface area contributed by atoms with E-state index in [4.69, 9.17) is 16.3 Å². The molecule has 1 aromatic carbocycles. The number of benzene rings is 1. The quantitative estimate of drug-likeness (QED) is 0.861. The van der Waals surface area contributed by atoms with E-state index in [1.165, 1.54) is 6.42 Å². The highest BCUT2D eigenvalue weighted by Crippen LogP contribution is 2.25. The van der Waals surface area contributed by atoms with Gasteiger partial charge in [-0.15, -0.1) is 0 Å². The molecule has 4 nitrogen and oxygen atoms in total. The van der Waals surface area contributed by atoms with Crippen molar-refractivity contribution in [1.29, 1.82) is 0 Å². The van der Waals surface area contributed by atoms with Crippen LogP contribution in [0.5, 0.6) is 0 Å². The zero-order valence-corrected chi connectivity index (χ0v) is 12.9. The first-order valence-corrected chi connectivity index (χ1v) is 7.71. The molecule has 1 aromatic rings. The fourth-order valence-electron chi connectivity index (χ4n) is 2.44. The minimum absolute atomic E-state index is 0.0514. The summed E-state index contributed by atoms with van der Waals surface area (Å²) < 4.78 is 5.27. The van der Waals surface area contributed by atoms with E-state index in [-0.39, 0.29) is 17.8 Å². The number of anilines is 1. The number of halogens is 1. The van der Waals surface area contributed by atoms with E-state index < -0.39 is 6.10 Å². The minimum Gasteiger partial charge on any atom is -0.452 e. The van der Waals surface area contributed by atoms with E-state index in [0.29, 0.717) is 10.7 Å². The van der Waals surface area contributed by atoms with E-state index in [1.807, 2.05) is 0 Å². The molecule has 114 valence electrons. The van der Waals surface area contributed by atoms with Crippen LogP contribution in [0.25, 0.3) is 0 Å². The number of carbonyl (C=O) groups is 2. The van der Waals surface area contributed by atoms with Gasteiger partial charge in [-0.2, -0.15) is 0 Å². The minimum atomic E-state index is -0.796. The molecule has 0 saturated heterocycles. The molecule has 2 rings (SSSR count). The zero-order valence-electron chi connectivity index (χ0n) is 12.1. The predicted molar refractivity (Wildman–Crippen MR) is 82.2 cm³/mol. The van der Waals surface area contributed by atoms with Crippen LogP contribution in [0.3, 0.4) is 0 Å². The molecular weight excluding hydrogens is 290 g/mol. The van der Waals surface area contributed by atoms with Crippen molar-refractivity contribution >= 4 is 29.2 Å². The Morgan fingerprint density at radius 2 is 1.81 bits per heavy atom. The van der Waals surface area contributed by atoms with Crippen molar-refractivity contribution in [2.24, 2.45) is 5.92 Å². The van der Waals surface area contributed by atoms with Crippen molar-refractivity contribution < 1.29 is 14.3 Å². The summed E-state index contributed by atoms with van der Waals surface area (Å²) in [5.41, 5.74) is 0.630. The van der Waals surface area contributed by atoms with Crippen LogP contribution in [-0.4, -0.2) is 18.0 Å². The van der Waals surface area contributed by atoms with Crippen molar-refractivity contribution in [2.45, 2.75) is 45.1 Å². The maximum atomic E-state index is 12.0. The lowest BCUT2D eigenvalue weighted by Crippen LogP contribution is -2.32. The number of rotatable bonds is 4. The van der Waals surface area contributed by atoms with Gasteiger partial charge in [0.2, 0.25) is 0 Å². The monoisotopic (exact) mass is 309 g/mol. The van der Waals surface area contributed by atoms with Crippen molar-refractivity contribution in [1.82, 2.24) is 0 Å². The Hall–Kier alpha value is -1.55. The fraction of sp³-hybridized carbons (Fsp3) is 0.500. The Balaban J connectivity index is 1.84. The molecule has 1 fully saturated rings. The second-order valence-corrected chi connectivity index (χ2v) is 5.85. The number of nitrogens with one attached hydrogen (secondary N) is 1. The molecule has 1 atom stereocenters. The van der Waals surface area contributed by atoms with Crippen LogP contribution in [0.15, 0.2) is 24.3 Å². The van der Waals surface area contributed by atoms with E-state index in [1.54, 1.807) is 31.2 Å². The molecule has 21 heavy (non-hydrogen) atoms. The molecule has 0 heterocycles. The Bertz CT molecular complexity index is 495. The first-order valence-electron chi connectivity index (χ1n) is 7.33. The Morgan fingerprint density at radius 3 is 2.43 bits per heavy atom. The molecule has 0 radical (unpaired) electrons. The van der Waals surface area contributed by atoms with Crippen LogP contribution in [0.2, 0.25) is 5.02 Å². The van der Waals surface area contributed by atoms with Crippen LogP contribution in [0.4, 0.5) is 5.69 Å². The smallest absolute Gasteiger partial charge is 0.309 e. The summed E-state index contributed by atoms with van der Waals surface area (Å²) in [5, 5.41) is 3.30. The van der Waals surface area contributed by atoms with Crippen LogP contribution in [0, 0.1) is 5.92 Å². The van der Waals surface area contributed by atoms with Crippen molar-refractivity contribution in [3.05, 3.63) is 29.3 Å². The van der Waals surface area contributed by atoms with Crippen molar-refractivity contribution in [2.75, 3.05) is 5.32 Å². The van der Waals surface area contributed by atoms with Gasteiger partial charge in [-0.3, -0.25) is 9.59 Å². The average Bonchev–Trinajstić information content (AvgIpc) is 2.50. The Kier molecular flexibility index (Phi) is 5.62. The molecule has 1 amide bonds. The second-order valence-electron chi connectivity index (χ2n) is 5.41. The summed E-state index contributed by atoms with van der Waals surface area (Å²) in [6.07, 6.45) is 4.23. The van der Waals surface area contributed by atoms with Gasteiger partial charge in [0, 0.05) is 10.7 Å². The summed E-state index contributed by atoms with van der Waals surface area (Å²) in [7, 11) is 0. The molecule has 0 aliphatic heterocycles. The number of amides is 1. The maximum Gasteiger partial charge on any atom is 0.309 e. The molecule has 1 saturated carbocycles. The number of hydrogen-bond donors (Lipinski definition) is 1. The van der Waals surface area contributed by atoms with Gasteiger partial charge in [0.25, 0.3) is 5.91 Å². The molecule has 0 bridgehead atoms. The SMILES string of the molecule is CC(OC(=O)C1CCCCC1)C(=O)Nc1ccc(Cl)cc1. The number of esters is 1. The first-order chi connectivity index (χ1) is 10.1. The number of ether oxygens (including phenoxy) is 1. The lowest BCUT2D eigenvalue weighted by Gasteiger charge is -2.22. The largest absolute Gasteiger partial charge is 0.452 e. The summed E-state index contributed by atoms with van der Waals surface area (Å²) in [4.78, 5) is 24.0. The van der Waals surface area contributed by atoms with E-state index in [2.05, 4.69) is 5.32 Å². The van der Waals surface area contributed by atoms with E-state index >= 15 is 0 Å². The molecule has 1 N–H and O–H groups in total. The average molecular weight is 310 g/mol. The van der Waals surface area contributed by atoms with Gasteiger partial charge in [-0.05, 0) is 44.0 Å². The van der Waals surface area contributed by atoms with Crippen LogP contribution in [0.1, 0.15) is 39.0 Å². The fourth-order valence-corrected chi connectivity index (χ4v) is 2.57. The number of hydrogen-bond acceptors (Lipinski definition) is 3. The van der Waals surface area contributed by atoms with Gasteiger partial charge in [0.05, 0.1) is 5.92 Å². The van der Waals surface area contributed by atoms with Gasteiger partial charge in [0.1, 0.15) is 0 Å². The molecule has 1 unspecified atom stereocenters. The summed E-state index contributed by atoms with van der Waals surface area (Å²) in [6.45, 7) is 1.59. The van der Waals surface area contributed by atoms with Gasteiger partial charge < -0.3 is 10.1 Å². The van der Waals surface area contributed by atoms with Crippen LogP contribution >= 0.6 is 11.6 Å². The van der Waals surface area contributed by atoms with Gasteiger partial charge in [-0.1, -0.05) is 30.9 Å². The second kappa shape index (κ2) is 7.46. The van der Waals surface area contributed by atoms with Gasteiger partial charge in [0.15, 0.2) is 6.10 Å². The summed E-state index contributed by atoms with van der Waals surface area (Å²) in [5.74, 6) is -0.639. The lowest BCUT2D eigenvalue weighted by atomic mass is 9.89. The molecule has 0 aromatic heterocycles. The Morgan fingerprint density at radius 1 is 1.19 bits per heavy atom. The van der Waals surface area contributed by atoms with E-state index in [9.17, 15) is 9.59 Å². The lowest BCUT2D eigenvalue weighted by molar-refractivity contribution is -0.158. The normalized spacial score (nSPS) is 17.0. The molecule has 1 aliphatic carbocycles.